The highest BCUT2D eigenvalue weighted by Crippen LogP contribution is 2.28. The SMILES string of the molecule is CC(C)(Cc1cccc(-c2cccc(Nc3nccc(N4CCCC(OC5=C(O)CCC=C5)C4)n3)n2)c1)C(=O)O. The third-order valence-corrected chi connectivity index (χ3v) is 7.17. The molecule has 0 radical (unpaired) electrons. The topological polar surface area (TPSA) is 121 Å². The maximum Gasteiger partial charge on any atom is 0.309 e. The van der Waals surface area contributed by atoms with Gasteiger partial charge in [-0.15, -0.1) is 0 Å². The number of aromatic nitrogens is 3. The van der Waals surface area contributed by atoms with Crippen LogP contribution in [0.5, 0.6) is 0 Å². The van der Waals surface area contributed by atoms with Crippen LogP contribution in [-0.4, -0.2) is 50.3 Å². The minimum Gasteiger partial charge on any atom is -0.508 e. The first-order valence-corrected chi connectivity index (χ1v) is 13.7. The molecule has 2 aliphatic rings. The molecule has 1 aromatic carbocycles. The molecule has 3 heterocycles. The number of aliphatic carboxylic acids is 1. The van der Waals surface area contributed by atoms with Crippen LogP contribution in [0.15, 0.2) is 78.4 Å². The highest BCUT2D eigenvalue weighted by molar-refractivity contribution is 5.74. The number of nitrogens with one attached hydrogen (secondary N) is 1. The van der Waals surface area contributed by atoms with Crippen LogP contribution in [0, 0.1) is 5.41 Å². The van der Waals surface area contributed by atoms with Crippen molar-refractivity contribution in [2.75, 3.05) is 23.3 Å². The summed E-state index contributed by atoms with van der Waals surface area (Å²) < 4.78 is 6.13. The average molecular weight is 542 g/mol. The average Bonchev–Trinajstić information content (AvgIpc) is 2.95. The van der Waals surface area contributed by atoms with Crippen LogP contribution < -0.4 is 10.2 Å². The summed E-state index contributed by atoms with van der Waals surface area (Å²) >= 11 is 0. The summed E-state index contributed by atoms with van der Waals surface area (Å²) in [6.45, 7) is 4.99. The molecule has 0 bridgehead atoms. The van der Waals surface area contributed by atoms with Crippen molar-refractivity contribution in [1.29, 1.82) is 0 Å². The summed E-state index contributed by atoms with van der Waals surface area (Å²) in [5, 5.41) is 22.9. The number of aliphatic hydroxyl groups excluding tert-OH is 1. The molecule has 208 valence electrons. The second kappa shape index (κ2) is 11.8. The van der Waals surface area contributed by atoms with Gasteiger partial charge in [0.15, 0.2) is 5.76 Å². The van der Waals surface area contributed by atoms with Crippen LogP contribution in [0.3, 0.4) is 0 Å². The van der Waals surface area contributed by atoms with Gasteiger partial charge in [0.25, 0.3) is 0 Å². The highest BCUT2D eigenvalue weighted by atomic mass is 16.5. The molecule has 1 atom stereocenters. The number of carboxylic acids is 1. The van der Waals surface area contributed by atoms with Gasteiger partial charge >= 0.3 is 5.97 Å². The number of rotatable bonds is 9. The predicted molar refractivity (Wildman–Crippen MR) is 154 cm³/mol. The van der Waals surface area contributed by atoms with Crippen molar-refractivity contribution in [3.63, 3.8) is 0 Å². The quantitative estimate of drug-likeness (QED) is 0.298. The molecule has 9 nitrogen and oxygen atoms in total. The predicted octanol–water partition coefficient (Wildman–Crippen LogP) is 6.04. The smallest absolute Gasteiger partial charge is 0.309 e. The van der Waals surface area contributed by atoms with Gasteiger partial charge in [0.1, 0.15) is 23.5 Å². The molecule has 40 heavy (non-hydrogen) atoms. The number of aliphatic hydroxyl groups is 1. The molecule has 1 aliphatic heterocycles. The van der Waals surface area contributed by atoms with E-state index in [2.05, 4.69) is 15.2 Å². The first-order valence-electron chi connectivity index (χ1n) is 13.7. The second-order valence-corrected chi connectivity index (χ2v) is 10.9. The standard InChI is InChI=1S/C31H35N5O4/c1-31(2,29(38)39)19-21-8-5-9-22(18-21)24-11-6-14-27(33-24)34-30-32-16-15-28(35-30)36-17-7-10-23(20-36)40-26-13-4-3-12-25(26)37/h4-6,8-9,11,13-16,18,23,37H,3,7,10,12,17,19-20H2,1-2H3,(H,38,39)(H,32,33,34,35). The molecule has 1 unspecified atom stereocenters. The van der Waals surface area contributed by atoms with Gasteiger partial charge in [0.2, 0.25) is 5.95 Å². The Morgan fingerprint density at radius 2 is 2.02 bits per heavy atom. The van der Waals surface area contributed by atoms with E-state index in [4.69, 9.17) is 14.7 Å². The third kappa shape index (κ3) is 6.59. The Morgan fingerprint density at radius 1 is 1.18 bits per heavy atom. The van der Waals surface area contributed by atoms with E-state index in [1.807, 2.05) is 60.7 Å². The van der Waals surface area contributed by atoms with Gasteiger partial charge in [0.05, 0.1) is 17.7 Å². The maximum absolute atomic E-state index is 11.6. The molecule has 0 amide bonds. The Bertz CT molecular complexity index is 1430. The number of allylic oxidation sites excluding steroid dienone is 3. The van der Waals surface area contributed by atoms with Crippen LogP contribution in [0.1, 0.15) is 45.1 Å². The zero-order valence-corrected chi connectivity index (χ0v) is 22.9. The molecular weight excluding hydrogens is 506 g/mol. The van der Waals surface area contributed by atoms with E-state index < -0.39 is 11.4 Å². The Balaban J connectivity index is 1.27. The fraction of sp³-hybridized carbons (Fsp3) is 0.355. The number of benzene rings is 1. The number of anilines is 3. The van der Waals surface area contributed by atoms with Gasteiger partial charge in [-0.05, 0) is 75.4 Å². The van der Waals surface area contributed by atoms with E-state index in [1.54, 1.807) is 20.0 Å². The largest absolute Gasteiger partial charge is 0.508 e. The lowest BCUT2D eigenvalue weighted by Crippen LogP contribution is -2.40. The number of nitrogens with zero attached hydrogens (tertiary/aromatic N) is 4. The van der Waals surface area contributed by atoms with Crippen molar-refractivity contribution < 1.29 is 19.7 Å². The molecule has 0 spiro atoms. The van der Waals surface area contributed by atoms with E-state index in [0.717, 1.165) is 48.4 Å². The summed E-state index contributed by atoms with van der Waals surface area (Å²) in [4.78, 5) is 27.7. The monoisotopic (exact) mass is 541 g/mol. The van der Waals surface area contributed by atoms with Crippen LogP contribution in [0.4, 0.5) is 17.6 Å². The van der Waals surface area contributed by atoms with Crippen molar-refractivity contribution in [2.45, 2.75) is 52.1 Å². The summed E-state index contributed by atoms with van der Waals surface area (Å²) in [6, 6.07) is 15.4. The number of hydrogen-bond acceptors (Lipinski definition) is 8. The highest BCUT2D eigenvalue weighted by Gasteiger charge is 2.27. The minimum absolute atomic E-state index is 0.0322. The normalized spacial score (nSPS) is 17.6. The van der Waals surface area contributed by atoms with E-state index in [-0.39, 0.29) is 6.10 Å². The Kier molecular flexibility index (Phi) is 8.00. The van der Waals surface area contributed by atoms with E-state index in [9.17, 15) is 15.0 Å². The van der Waals surface area contributed by atoms with Crippen molar-refractivity contribution in [3.8, 4) is 11.3 Å². The fourth-order valence-corrected chi connectivity index (χ4v) is 4.95. The number of pyridine rings is 1. The van der Waals surface area contributed by atoms with E-state index >= 15 is 0 Å². The van der Waals surface area contributed by atoms with Crippen LogP contribution >= 0.6 is 0 Å². The summed E-state index contributed by atoms with van der Waals surface area (Å²) in [5.74, 6) is 1.92. The lowest BCUT2D eigenvalue weighted by Gasteiger charge is -2.34. The van der Waals surface area contributed by atoms with Gasteiger partial charge < -0.3 is 25.2 Å². The number of hydrogen-bond donors (Lipinski definition) is 3. The molecule has 2 aromatic heterocycles. The van der Waals surface area contributed by atoms with Crippen molar-refractivity contribution in [1.82, 2.24) is 15.0 Å². The van der Waals surface area contributed by atoms with E-state index in [0.29, 0.717) is 42.7 Å². The molecule has 1 fully saturated rings. The molecule has 5 rings (SSSR count). The first-order chi connectivity index (χ1) is 19.3. The first kappa shape index (κ1) is 27.2. The third-order valence-electron chi connectivity index (χ3n) is 7.17. The number of carboxylic acid groups (broad SMARTS) is 1. The Labute approximate surface area is 234 Å². The van der Waals surface area contributed by atoms with Crippen LogP contribution in [0.2, 0.25) is 0 Å². The maximum atomic E-state index is 11.6. The van der Waals surface area contributed by atoms with Crippen molar-refractivity contribution >= 4 is 23.6 Å². The summed E-state index contributed by atoms with van der Waals surface area (Å²) in [5.41, 5.74) is 1.76. The number of piperidine rings is 1. The number of ether oxygens (including phenoxy) is 1. The van der Waals surface area contributed by atoms with Crippen molar-refractivity contribution in [3.05, 3.63) is 84.0 Å². The molecule has 9 heteroatoms. The number of carbonyl (C=O) groups is 1. The van der Waals surface area contributed by atoms with Crippen molar-refractivity contribution in [2.24, 2.45) is 5.41 Å². The van der Waals surface area contributed by atoms with Crippen LogP contribution in [-0.2, 0) is 16.0 Å². The molecule has 3 aromatic rings. The molecule has 1 saturated heterocycles. The molecule has 0 saturated carbocycles. The lowest BCUT2D eigenvalue weighted by atomic mass is 9.85. The summed E-state index contributed by atoms with van der Waals surface area (Å²) in [7, 11) is 0. The van der Waals surface area contributed by atoms with Gasteiger partial charge in [-0.25, -0.2) is 9.97 Å². The van der Waals surface area contributed by atoms with Gasteiger partial charge in [-0.1, -0.05) is 30.3 Å². The Morgan fingerprint density at radius 3 is 2.85 bits per heavy atom. The lowest BCUT2D eigenvalue weighted by molar-refractivity contribution is -0.146. The minimum atomic E-state index is -0.857. The second-order valence-electron chi connectivity index (χ2n) is 10.9. The zero-order chi connectivity index (χ0) is 28.1. The molecule has 1 aliphatic carbocycles. The molecular formula is C31H35N5O4. The summed E-state index contributed by atoms with van der Waals surface area (Å²) in [6.07, 6.45) is 9.34. The Hall–Kier alpha value is -4.40. The van der Waals surface area contributed by atoms with Gasteiger partial charge in [0, 0.05) is 24.7 Å². The molecule has 3 N–H and O–H groups in total. The zero-order valence-electron chi connectivity index (χ0n) is 22.9. The van der Waals surface area contributed by atoms with Gasteiger partial charge in [-0.2, -0.15) is 4.98 Å². The van der Waals surface area contributed by atoms with Gasteiger partial charge in [-0.3, -0.25) is 4.79 Å². The van der Waals surface area contributed by atoms with Crippen LogP contribution in [0.25, 0.3) is 11.3 Å². The van der Waals surface area contributed by atoms with E-state index in [1.165, 1.54) is 0 Å². The fourth-order valence-electron chi connectivity index (χ4n) is 4.95.